The largest absolute Gasteiger partial charge is 0.448 e. The Morgan fingerprint density at radius 1 is 1.29 bits per heavy atom. The number of anilines is 3. The van der Waals surface area contributed by atoms with Crippen LogP contribution in [0.1, 0.15) is 23.7 Å². The Morgan fingerprint density at radius 2 is 2.07 bits per heavy atom. The third-order valence-electron chi connectivity index (χ3n) is 4.46. The SMILES string of the molecule is CC1CCNc2ccccc2N1C(=O)c1ccc(NC(=O)OCCCl)cc1Cl. The standard InChI is InChI=1S/C20H21Cl2N3O3/c1-13-8-10-23-17-4-2-3-5-18(17)25(13)19(26)15-7-6-14(12-16(15)22)24-20(27)28-11-9-21/h2-7,12-13,23H,8-11H2,1H3,(H,24,27). The molecular weight excluding hydrogens is 401 g/mol. The van der Waals surface area contributed by atoms with Crippen molar-refractivity contribution in [2.75, 3.05) is 34.6 Å². The zero-order chi connectivity index (χ0) is 20.1. The van der Waals surface area contributed by atoms with Gasteiger partial charge < -0.3 is 15.0 Å². The first-order valence-corrected chi connectivity index (χ1v) is 9.88. The minimum absolute atomic E-state index is 0.00282. The molecule has 2 amide bonds. The molecule has 0 aliphatic carbocycles. The molecule has 28 heavy (non-hydrogen) atoms. The summed E-state index contributed by atoms with van der Waals surface area (Å²) in [5, 5.41) is 6.17. The average molecular weight is 422 g/mol. The second-order valence-electron chi connectivity index (χ2n) is 6.40. The number of hydrogen-bond acceptors (Lipinski definition) is 4. The molecule has 0 spiro atoms. The number of nitrogens with zero attached hydrogens (tertiary/aromatic N) is 1. The summed E-state index contributed by atoms with van der Waals surface area (Å²) in [6.07, 6.45) is 0.182. The predicted octanol–water partition coefficient (Wildman–Crippen LogP) is 4.98. The summed E-state index contributed by atoms with van der Waals surface area (Å²) in [4.78, 5) is 26.7. The van der Waals surface area contributed by atoms with Crippen LogP contribution in [0.4, 0.5) is 21.9 Å². The van der Waals surface area contributed by atoms with E-state index in [0.29, 0.717) is 11.3 Å². The van der Waals surface area contributed by atoms with Crippen molar-refractivity contribution in [1.82, 2.24) is 0 Å². The van der Waals surface area contributed by atoms with Gasteiger partial charge in [0.05, 0.1) is 27.8 Å². The van der Waals surface area contributed by atoms with Crippen molar-refractivity contribution in [3.8, 4) is 0 Å². The van der Waals surface area contributed by atoms with Crippen LogP contribution in [0.2, 0.25) is 5.02 Å². The van der Waals surface area contributed by atoms with E-state index in [1.165, 1.54) is 6.07 Å². The van der Waals surface area contributed by atoms with Gasteiger partial charge in [-0.05, 0) is 43.7 Å². The molecular formula is C20H21Cl2N3O3. The molecule has 2 N–H and O–H groups in total. The zero-order valence-corrected chi connectivity index (χ0v) is 16.9. The first-order chi connectivity index (χ1) is 13.5. The normalized spacial score (nSPS) is 15.8. The average Bonchev–Trinajstić information content (AvgIpc) is 2.84. The smallest absolute Gasteiger partial charge is 0.411 e. The summed E-state index contributed by atoms with van der Waals surface area (Å²) >= 11 is 11.9. The summed E-state index contributed by atoms with van der Waals surface area (Å²) in [5.41, 5.74) is 2.54. The molecule has 0 fully saturated rings. The second kappa shape index (κ2) is 9.17. The molecule has 2 aromatic carbocycles. The Balaban J connectivity index is 1.85. The molecule has 0 bridgehead atoms. The van der Waals surface area contributed by atoms with Crippen molar-refractivity contribution in [3.63, 3.8) is 0 Å². The molecule has 8 heteroatoms. The van der Waals surface area contributed by atoms with Crippen molar-refractivity contribution in [3.05, 3.63) is 53.1 Å². The molecule has 1 aliphatic heterocycles. The topological polar surface area (TPSA) is 70.7 Å². The summed E-state index contributed by atoms with van der Waals surface area (Å²) in [7, 11) is 0. The molecule has 0 saturated heterocycles. The maximum absolute atomic E-state index is 13.3. The van der Waals surface area contributed by atoms with Crippen LogP contribution in [0.25, 0.3) is 0 Å². The van der Waals surface area contributed by atoms with Gasteiger partial charge in [-0.3, -0.25) is 10.1 Å². The van der Waals surface area contributed by atoms with Crippen LogP contribution in [-0.2, 0) is 4.74 Å². The summed E-state index contributed by atoms with van der Waals surface area (Å²) < 4.78 is 4.87. The van der Waals surface area contributed by atoms with Gasteiger partial charge in [0.15, 0.2) is 0 Å². The Labute approximate surface area is 173 Å². The maximum atomic E-state index is 13.3. The maximum Gasteiger partial charge on any atom is 0.411 e. The van der Waals surface area contributed by atoms with Crippen LogP contribution in [0.15, 0.2) is 42.5 Å². The molecule has 1 heterocycles. The number of fused-ring (bicyclic) bond motifs is 1. The van der Waals surface area contributed by atoms with Crippen molar-refractivity contribution in [2.45, 2.75) is 19.4 Å². The number of halogens is 2. The summed E-state index contributed by atoms with van der Waals surface area (Å²) in [5.74, 6) is 0.0244. The number of rotatable bonds is 4. The molecule has 3 rings (SSSR count). The minimum atomic E-state index is -0.628. The lowest BCUT2D eigenvalue weighted by molar-refractivity contribution is 0.0978. The lowest BCUT2D eigenvalue weighted by atomic mass is 10.1. The van der Waals surface area contributed by atoms with Gasteiger partial charge in [0.25, 0.3) is 5.91 Å². The third kappa shape index (κ3) is 4.51. The molecule has 1 atom stereocenters. The van der Waals surface area contributed by atoms with Gasteiger partial charge in [-0.15, -0.1) is 11.6 Å². The monoisotopic (exact) mass is 421 g/mol. The van der Waals surface area contributed by atoms with Crippen LogP contribution in [-0.4, -0.2) is 37.1 Å². The number of nitrogens with one attached hydrogen (secondary N) is 2. The van der Waals surface area contributed by atoms with E-state index in [9.17, 15) is 9.59 Å². The van der Waals surface area contributed by atoms with Crippen molar-refractivity contribution >= 4 is 52.3 Å². The van der Waals surface area contributed by atoms with Gasteiger partial charge in [-0.2, -0.15) is 0 Å². The van der Waals surface area contributed by atoms with Crippen LogP contribution in [0, 0.1) is 0 Å². The predicted molar refractivity (Wildman–Crippen MR) is 113 cm³/mol. The number of benzene rings is 2. The van der Waals surface area contributed by atoms with Gasteiger partial charge in [0, 0.05) is 18.3 Å². The highest BCUT2D eigenvalue weighted by atomic mass is 35.5. The Morgan fingerprint density at radius 3 is 2.82 bits per heavy atom. The number of para-hydroxylation sites is 2. The number of amides is 2. The number of carbonyl (C=O) groups is 2. The molecule has 1 aliphatic rings. The van der Waals surface area contributed by atoms with Crippen LogP contribution >= 0.6 is 23.2 Å². The number of alkyl halides is 1. The molecule has 6 nitrogen and oxygen atoms in total. The molecule has 148 valence electrons. The highest BCUT2D eigenvalue weighted by Gasteiger charge is 2.28. The van der Waals surface area contributed by atoms with Gasteiger partial charge in [-0.1, -0.05) is 23.7 Å². The van der Waals surface area contributed by atoms with E-state index in [2.05, 4.69) is 10.6 Å². The number of ether oxygens (including phenoxy) is 1. The van der Waals surface area contributed by atoms with E-state index >= 15 is 0 Å². The quantitative estimate of drug-likeness (QED) is 0.682. The molecule has 0 saturated carbocycles. The lowest BCUT2D eigenvalue weighted by Gasteiger charge is -2.28. The lowest BCUT2D eigenvalue weighted by Crippen LogP contribution is -2.38. The van der Waals surface area contributed by atoms with Gasteiger partial charge >= 0.3 is 6.09 Å². The fraction of sp³-hybridized carbons (Fsp3) is 0.300. The highest BCUT2D eigenvalue weighted by molar-refractivity contribution is 6.35. The zero-order valence-electron chi connectivity index (χ0n) is 15.4. The highest BCUT2D eigenvalue weighted by Crippen LogP contribution is 2.33. The fourth-order valence-corrected chi connectivity index (χ4v) is 3.44. The minimum Gasteiger partial charge on any atom is -0.448 e. The van der Waals surface area contributed by atoms with E-state index in [4.69, 9.17) is 27.9 Å². The van der Waals surface area contributed by atoms with Gasteiger partial charge in [0.2, 0.25) is 0 Å². The number of carbonyl (C=O) groups excluding carboxylic acids is 2. The van der Waals surface area contributed by atoms with Crippen LogP contribution in [0.3, 0.4) is 0 Å². The Hall–Kier alpha value is -2.44. The van der Waals surface area contributed by atoms with Crippen molar-refractivity contribution in [2.24, 2.45) is 0 Å². The van der Waals surface area contributed by atoms with Gasteiger partial charge in [0.1, 0.15) is 6.61 Å². The van der Waals surface area contributed by atoms with E-state index in [-0.39, 0.29) is 29.5 Å². The molecule has 1 unspecified atom stereocenters. The summed E-state index contributed by atoms with van der Waals surface area (Å²) in [6.45, 7) is 2.90. The van der Waals surface area contributed by atoms with E-state index in [0.717, 1.165) is 24.3 Å². The molecule has 2 aromatic rings. The third-order valence-corrected chi connectivity index (χ3v) is 4.92. The molecule has 0 radical (unpaired) electrons. The van der Waals surface area contributed by atoms with E-state index in [1.54, 1.807) is 17.0 Å². The van der Waals surface area contributed by atoms with Crippen molar-refractivity contribution < 1.29 is 14.3 Å². The van der Waals surface area contributed by atoms with Crippen molar-refractivity contribution in [1.29, 1.82) is 0 Å². The van der Waals surface area contributed by atoms with Crippen LogP contribution < -0.4 is 15.5 Å². The fourth-order valence-electron chi connectivity index (χ4n) is 3.11. The summed E-state index contributed by atoms with van der Waals surface area (Å²) in [6, 6.07) is 12.5. The Kier molecular flexibility index (Phi) is 6.65. The van der Waals surface area contributed by atoms with E-state index < -0.39 is 6.09 Å². The second-order valence-corrected chi connectivity index (χ2v) is 7.19. The molecule has 0 aromatic heterocycles. The van der Waals surface area contributed by atoms with Crippen LogP contribution in [0.5, 0.6) is 0 Å². The Bertz CT molecular complexity index is 876. The first kappa shape index (κ1) is 20.3. The van der Waals surface area contributed by atoms with Gasteiger partial charge in [-0.25, -0.2) is 4.79 Å². The number of hydrogen-bond donors (Lipinski definition) is 2. The first-order valence-electron chi connectivity index (χ1n) is 8.97. The van der Waals surface area contributed by atoms with E-state index in [1.807, 2.05) is 31.2 Å².